The first-order chi connectivity index (χ1) is 19.1. The average Bonchev–Trinajstić information content (AvgIpc) is 2.93. The van der Waals surface area contributed by atoms with Gasteiger partial charge >= 0.3 is 11.9 Å². The number of carbonyl (C=O) groups excluding carboxylic acids is 2. The highest BCUT2D eigenvalue weighted by Crippen LogP contribution is 2.41. The minimum absolute atomic E-state index is 0.0131. The second kappa shape index (κ2) is 13.8. The number of halogens is 1. The molecule has 0 spiro atoms. The van der Waals surface area contributed by atoms with Crippen LogP contribution in [0.15, 0.2) is 69.9 Å². The smallest absolute Gasteiger partial charge is 0.352 e. The standard InChI is InChI=1S/C26H27ClN4O6S3/c27-16-3-1-4-18(11-16)39-14-20(32)29-21-23(33)31-22(26(36)37)15(13-40-24(21)31)12-38-17-6-9-30(10-7-17)8-2-5-19(28)25(34)35/h1,3-4,6-7,9-11,19,21,24H,2,5,8,12-14,28H2,(H2-,29,32,34,35,36,37)/p+1/t19-,21-,24+/m0/s1. The van der Waals surface area contributed by atoms with E-state index in [0.717, 1.165) is 9.79 Å². The molecule has 40 heavy (non-hydrogen) atoms. The molecule has 2 aromatic rings. The van der Waals surface area contributed by atoms with Gasteiger partial charge in [0, 0.05) is 44.9 Å². The summed E-state index contributed by atoms with van der Waals surface area (Å²) in [7, 11) is 0. The maximum absolute atomic E-state index is 12.9. The number of benzene rings is 1. The number of β-lactam (4-membered cyclic amide) rings is 1. The first-order valence-electron chi connectivity index (χ1n) is 12.3. The number of carbonyl (C=O) groups is 4. The Morgan fingerprint density at radius 3 is 2.60 bits per heavy atom. The molecule has 14 heteroatoms. The van der Waals surface area contributed by atoms with E-state index in [1.54, 1.807) is 18.2 Å². The summed E-state index contributed by atoms with van der Waals surface area (Å²) in [5.41, 5.74) is 6.17. The van der Waals surface area contributed by atoms with E-state index in [0.29, 0.717) is 41.5 Å². The van der Waals surface area contributed by atoms with Gasteiger partial charge in [0.2, 0.25) is 5.91 Å². The Labute approximate surface area is 248 Å². The molecule has 2 aliphatic heterocycles. The number of hydrogen-bond donors (Lipinski definition) is 4. The Hall–Kier alpha value is -2.71. The number of nitrogens with one attached hydrogen (secondary N) is 1. The minimum Gasteiger partial charge on any atom is -0.480 e. The van der Waals surface area contributed by atoms with Crippen LogP contribution in [-0.2, 0) is 25.7 Å². The zero-order chi connectivity index (χ0) is 28.8. The fraction of sp³-hybridized carbons (Fsp3) is 0.346. The van der Waals surface area contributed by atoms with Crippen LogP contribution in [0.3, 0.4) is 0 Å². The summed E-state index contributed by atoms with van der Waals surface area (Å²) in [6.07, 6.45) is 4.77. The first-order valence-corrected chi connectivity index (χ1v) is 15.7. The predicted molar refractivity (Wildman–Crippen MR) is 154 cm³/mol. The molecule has 1 saturated heterocycles. The molecule has 1 aromatic carbocycles. The number of rotatable bonds is 13. The van der Waals surface area contributed by atoms with Crippen molar-refractivity contribution in [1.29, 1.82) is 0 Å². The molecule has 0 aliphatic carbocycles. The lowest BCUT2D eigenvalue weighted by Crippen LogP contribution is -2.70. The summed E-state index contributed by atoms with van der Waals surface area (Å²) in [6, 6.07) is 9.31. The van der Waals surface area contributed by atoms with Crippen molar-refractivity contribution >= 4 is 70.6 Å². The number of amides is 2. The number of aryl methyl sites for hydroxylation is 1. The maximum Gasteiger partial charge on any atom is 0.352 e. The van der Waals surface area contributed by atoms with E-state index in [1.807, 2.05) is 35.2 Å². The van der Waals surface area contributed by atoms with Gasteiger partial charge in [0.1, 0.15) is 29.7 Å². The lowest BCUT2D eigenvalue weighted by Gasteiger charge is -2.49. The lowest BCUT2D eigenvalue weighted by atomic mass is 10.0. The van der Waals surface area contributed by atoms with Crippen LogP contribution in [0.4, 0.5) is 0 Å². The van der Waals surface area contributed by atoms with Gasteiger partial charge in [0.05, 0.1) is 5.75 Å². The average molecular weight is 624 g/mol. The molecule has 4 rings (SSSR count). The van der Waals surface area contributed by atoms with Crippen molar-refractivity contribution in [2.75, 3.05) is 17.3 Å². The molecular formula is C26H28ClN4O6S3+. The molecule has 2 aliphatic rings. The number of carboxylic acids is 2. The second-order valence-electron chi connectivity index (χ2n) is 9.11. The summed E-state index contributed by atoms with van der Waals surface area (Å²) >= 11 is 10.2. The Morgan fingerprint density at radius 1 is 1.18 bits per heavy atom. The van der Waals surface area contributed by atoms with Crippen molar-refractivity contribution in [2.45, 2.75) is 46.6 Å². The monoisotopic (exact) mass is 623 g/mol. The summed E-state index contributed by atoms with van der Waals surface area (Å²) in [5, 5.41) is 21.7. The number of nitrogens with two attached hydrogens (primary N) is 1. The number of aromatic nitrogens is 1. The van der Waals surface area contributed by atoms with Gasteiger partial charge in [-0.2, -0.15) is 0 Å². The first kappa shape index (κ1) is 30.3. The molecule has 1 fully saturated rings. The normalized spacial score (nSPS) is 19.1. The van der Waals surface area contributed by atoms with Crippen LogP contribution in [0.1, 0.15) is 12.8 Å². The molecule has 0 saturated carbocycles. The van der Waals surface area contributed by atoms with Gasteiger partial charge in [0.25, 0.3) is 5.91 Å². The zero-order valence-corrected chi connectivity index (χ0v) is 24.4. The summed E-state index contributed by atoms with van der Waals surface area (Å²) in [6.45, 7) is 0.631. The molecule has 5 N–H and O–H groups in total. The molecular weight excluding hydrogens is 596 g/mol. The molecule has 1 aromatic heterocycles. The Morgan fingerprint density at radius 2 is 1.93 bits per heavy atom. The topological polar surface area (TPSA) is 154 Å². The largest absolute Gasteiger partial charge is 0.480 e. The van der Waals surface area contributed by atoms with E-state index < -0.39 is 35.3 Å². The number of hydrogen-bond acceptors (Lipinski definition) is 8. The van der Waals surface area contributed by atoms with Gasteiger partial charge in [-0.25, -0.2) is 9.36 Å². The summed E-state index contributed by atoms with van der Waals surface area (Å²) in [5.74, 6) is -1.97. The number of nitrogens with zero attached hydrogens (tertiary/aromatic N) is 2. The second-order valence-corrected chi connectivity index (χ2v) is 12.7. The van der Waals surface area contributed by atoms with Crippen LogP contribution in [0.5, 0.6) is 0 Å². The fourth-order valence-corrected chi connectivity index (χ4v) is 7.58. The molecule has 2 amide bonds. The molecule has 0 bridgehead atoms. The summed E-state index contributed by atoms with van der Waals surface area (Å²) < 4.78 is 1.93. The van der Waals surface area contributed by atoms with Gasteiger partial charge in [0.15, 0.2) is 12.4 Å². The summed E-state index contributed by atoms with van der Waals surface area (Å²) in [4.78, 5) is 51.4. The Balaban J connectivity index is 1.30. The van der Waals surface area contributed by atoms with Crippen LogP contribution in [0.2, 0.25) is 5.02 Å². The third-order valence-corrected chi connectivity index (χ3v) is 9.92. The molecule has 3 atom stereocenters. The van der Waals surface area contributed by atoms with Crippen molar-refractivity contribution in [3.8, 4) is 0 Å². The number of carboxylic acid groups (broad SMARTS) is 2. The van der Waals surface area contributed by atoms with Crippen molar-refractivity contribution in [3.05, 3.63) is 65.1 Å². The maximum atomic E-state index is 12.9. The predicted octanol–water partition coefficient (Wildman–Crippen LogP) is 2.44. The number of pyridine rings is 1. The van der Waals surface area contributed by atoms with E-state index in [2.05, 4.69) is 5.32 Å². The highest BCUT2D eigenvalue weighted by Gasteiger charge is 2.54. The van der Waals surface area contributed by atoms with Crippen LogP contribution in [0, 0.1) is 0 Å². The van der Waals surface area contributed by atoms with Gasteiger partial charge in [-0.1, -0.05) is 17.7 Å². The number of aliphatic carboxylic acids is 2. The fourth-order valence-electron chi connectivity index (χ4n) is 4.19. The van der Waals surface area contributed by atoms with Crippen LogP contribution < -0.4 is 15.6 Å². The third-order valence-electron chi connectivity index (χ3n) is 6.25. The van der Waals surface area contributed by atoms with Crippen LogP contribution >= 0.6 is 46.9 Å². The van der Waals surface area contributed by atoms with Crippen molar-refractivity contribution in [3.63, 3.8) is 0 Å². The van der Waals surface area contributed by atoms with E-state index in [9.17, 15) is 24.3 Å². The Kier molecular flexibility index (Phi) is 10.4. The molecule has 3 heterocycles. The van der Waals surface area contributed by atoms with E-state index in [4.69, 9.17) is 22.4 Å². The SMILES string of the molecule is N[C@@H](CCC[n+]1ccc(SCC2=C(C(=O)O)N3C(=O)[C@H](NC(=O)CSc4cccc(Cl)c4)[C@H]3SC2)cc1)C(=O)O. The number of fused-ring (bicyclic) bond motifs is 1. The zero-order valence-electron chi connectivity index (χ0n) is 21.2. The molecule has 10 nitrogen and oxygen atoms in total. The van der Waals surface area contributed by atoms with Crippen molar-refractivity contribution in [1.82, 2.24) is 10.2 Å². The van der Waals surface area contributed by atoms with Gasteiger partial charge in [-0.05, 0) is 30.2 Å². The third kappa shape index (κ3) is 7.52. The van der Waals surface area contributed by atoms with Crippen molar-refractivity contribution < 1.29 is 34.0 Å². The number of thioether (sulfide) groups is 3. The Bertz CT molecular complexity index is 1330. The van der Waals surface area contributed by atoms with Gasteiger partial charge in [-0.15, -0.1) is 35.3 Å². The molecule has 0 unspecified atom stereocenters. The molecule has 0 radical (unpaired) electrons. The minimum atomic E-state index is -1.17. The lowest BCUT2D eigenvalue weighted by molar-refractivity contribution is -0.697. The van der Waals surface area contributed by atoms with Gasteiger partial charge in [-0.3, -0.25) is 19.3 Å². The van der Waals surface area contributed by atoms with E-state index >= 15 is 0 Å². The molecule has 212 valence electrons. The highest BCUT2D eigenvalue weighted by molar-refractivity contribution is 8.01. The quantitative estimate of drug-likeness (QED) is 0.149. The van der Waals surface area contributed by atoms with Crippen molar-refractivity contribution in [2.24, 2.45) is 5.73 Å². The van der Waals surface area contributed by atoms with Crippen LogP contribution in [-0.4, -0.2) is 73.6 Å². The van der Waals surface area contributed by atoms with E-state index in [-0.39, 0.29) is 17.4 Å². The van der Waals surface area contributed by atoms with Gasteiger partial charge < -0.3 is 21.3 Å². The van der Waals surface area contributed by atoms with E-state index in [1.165, 1.54) is 40.2 Å². The highest BCUT2D eigenvalue weighted by atomic mass is 35.5. The van der Waals surface area contributed by atoms with Crippen LogP contribution in [0.25, 0.3) is 0 Å².